The van der Waals surface area contributed by atoms with Crippen LogP contribution in [0, 0.1) is 5.82 Å². The molecule has 1 unspecified atom stereocenters. The van der Waals surface area contributed by atoms with Gasteiger partial charge in [0.2, 0.25) is 11.7 Å². The lowest BCUT2D eigenvalue weighted by molar-refractivity contribution is -0.134. The molecular weight excluding hydrogens is 511 g/mol. The molecule has 0 radical (unpaired) electrons. The second-order valence-electron chi connectivity index (χ2n) is 8.96. The number of nitrogens with two attached hydrogens (primary N) is 2. The number of halogens is 1. The predicted octanol–water partition coefficient (Wildman–Crippen LogP) is 2.26. The number of likely N-dealkylation sites (N-methyl/N-ethyl adjacent to an activating group) is 1. The third kappa shape index (κ3) is 6.09. The van der Waals surface area contributed by atoms with E-state index >= 15 is 0 Å². The molecule has 38 heavy (non-hydrogen) atoms. The number of thiazole rings is 1. The molecule has 0 bridgehead atoms. The fraction of sp³-hybridized carbons (Fsp3) is 0.308. The number of anilines is 3. The van der Waals surface area contributed by atoms with Crippen LogP contribution in [0.4, 0.5) is 21.0 Å². The molecule has 0 saturated carbocycles. The SMILES string of the molecule is CC(C(N)=O)N(c1ccc(F)cc1)c1nc(N)c(C(=O)c2ccc(OCC(=O)N3CCN(C)CC3)cc2)s1. The topological polar surface area (TPSA) is 135 Å². The van der Waals surface area contributed by atoms with Gasteiger partial charge in [-0.2, -0.15) is 0 Å². The van der Waals surface area contributed by atoms with E-state index in [4.69, 9.17) is 16.2 Å². The van der Waals surface area contributed by atoms with Crippen molar-refractivity contribution in [2.24, 2.45) is 5.73 Å². The number of nitrogens with zero attached hydrogens (tertiary/aromatic N) is 4. The average Bonchev–Trinajstić information content (AvgIpc) is 3.29. The summed E-state index contributed by atoms with van der Waals surface area (Å²) in [5.41, 5.74) is 12.4. The van der Waals surface area contributed by atoms with Crippen LogP contribution in [0.1, 0.15) is 22.2 Å². The van der Waals surface area contributed by atoms with Crippen LogP contribution in [0.5, 0.6) is 5.75 Å². The Morgan fingerprint density at radius 3 is 2.32 bits per heavy atom. The number of hydrogen-bond donors (Lipinski definition) is 2. The van der Waals surface area contributed by atoms with Gasteiger partial charge in [-0.3, -0.25) is 14.4 Å². The van der Waals surface area contributed by atoms with Crippen LogP contribution in [-0.2, 0) is 9.59 Å². The lowest BCUT2D eigenvalue weighted by atomic mass is 10.1. The van der Waals surface area contributed by atoms with E-state index in [1.165, 1.54) is 29.2 Å². The Kier molecular flexibility index (Phi) is 8.23. The van der Waals surface area contributed by atoms with Crippen molar-refractivity contribution in [2.45, 2.75) is 13.0 Å². The largest absolute Gasteiger partial charge is 0.484 e. The Morgan fingerprint density at radius 1 is 1.08 bits per heavy atom. The first-order chi connectivity index (χ1) is 18.1. The van der Waals surface area contributed by atoms with Gasteiger partial charge in [-0.25, -0.2) is 9.37 Å². The number of aromatic nitrogens is 1. The van der Waals surface area contributed by atoms with E-state index in [1.54, 1.807) is 36.1 Å². The van der Waals surface area contributed by atoms with Gasteiger partial charge < -0.3 is 30.9 Å². The van der Waals surface area contributed by atoms with E-state index in [9.17, 15) is 18.8 Å². The number of rotatable bonds is 9. The number of nitrogen functional groups attached to an aromatic ring is 1. The fourth-order valence-corrected chi connectivity index (χ4v) is 4.99. The molecule has 1 saturated heterocycles. The van der Waals surface area contributed by atoms with Gasteiger partial charge in [-0.1, -0.05) is 11.3 Å². The van der Waals surface area contributed by atoms with Crippen LogP contribution in [-0.4, -0.2) is 78.3 Å². The van der Waals surface area contributed by atoms with E-state index < -0.39 is 17.8 Å². The highest BCUT2D eigenvalue weighted by molar-refractivity contribution is 7.18. The van der Waals surface area contributed by atoms with Crippen molar-refractivity contribution in [3.05, 3.63) is 64.8 Å². The van der Waals surface area contributed by atoms with Crippen molar-refractivity contribution < 1.29 is 23.5 Å². The quantitative estimate of drug-likeness (QED) is 0.395. The summed E-state index contributed by atoms with van der Waals surface area (Å²) >= 11 is 1.00. The molecule has 1 aliphatic rings. The lowest BCUT2D eigenvalue weighted by Crippen LogP contribution is -2.48. The number of piperazine rings is 1. The number of benzene rings is 2. The van der Waals surface area contributed by atoms with Gasteiger partial charge in [0.15, 0.2) is 11.7 Å². The molecule has 3 aromatic rings. The van der Waals surface area contributed by atoms with Crippen molar-refractivity contribution in [3.8, 4) is 5.75 Å². The number of carbonyl (C=O) groups excluding carboxylic acids is 3. The third-order valence-electron chi connectivity index (χ3n) is 6.29. The number of hydrogen-bond acceptors (Lipinski definition) is 9. The number of amides is 2. The summed E-state index contributed by atoms with van der Waals surface area (Å²) in [6, 6.07) is 11.0. The molecule has 200 valence electrons. The Balaban J connectivity index is 1.47. The molecule has 0 spiro atoms. The maximum Gasteiger partial charge on any atom is 0.260 e. The van der Waals surface area contributed by atoms with Crippen LogP contribution < -0.4 is 21.1 Å². The summed E-state index contributed by atoms with van der Waals surface area (Å²) < 4.78 is 19.1. The van der Waals surface area contributed by atoms with Crippen molar-refractivity contribution in [3.63, 3.8) is 0 Å². The van der Waals surface area contributed by atoms with E-state index in [0.29, 0.717) is 30.1 Å². The van der Waals surface area contributed by atoms with E-state index in [2.05, 4.69) is 9.88 Å². The molecule has 10 nitrogen and oxygen atoms in total. The molecule has 2 amide bonds. The molecule has 12 heteroatoms. The Hall–Kier alpha value is -4.03. The summed E-state index contributed by atoms with van der Waals surface area (Å²) in [6.07, 6.45) is 0. The maximum atomic E-state index is 13.5. The van der Waals surface area contributed by atoms with E-state index in [0.717, 1.165) is 24.4 Å². The van der Waals surface area contributed by atoms with Crippen LogP contribution in [0.3, 0.4) is 0 Å². The van der Waals surface area contributed by atoms with E-state index in [-0.39, 0.29) is 34.1 Å². The molecule has 1 atom stereocenters. The molecule has 1 aromatic heterocycles. The molecule has 0 aliphatic carbocycles. The molecule has 4 rings (SSSR count). The zero-order valence-electron chi connectivity index (χ0n) is 21.1. The molecule has 2 heterocycles. The normalized spacial score (nSPS) is 14.7. The van der Waals surface area contributed by atoms with Gasteiger partial charge in [0.25, 0.3) is 5.91 Å². The van der Waals surface area contributed by atoms with Gasteiger partial charge >= 0.3 is 0 Å². The summed E-state index contributed by atoms with van der Waals surface area (Å²) in [4.78, 5) is 47.5. The Morgan fingerprint density at radius 2 is 1.71 bits per heavy atom. The van der Waals surface area contributed by atoms with Gasteiger partial charge in [0.05, 0.1) is 0 Å². The number of ether oxygens (including phenoxy) is 1. The van der Waals surface area contributed by atoms with Crippen molar-refractivity contribution >= 4 is 45.6 Å². The Bertz CT molecular complexity index is 1310. The van der Waals surface area contributed by atoms with Crippen LogP contribution in [0.25, 0.3) is 0 Å². The molecule has 1 aliphatic heterocycles. The fourth-order valence-electron chi connectivity index (χ4n) is 3.94. The highest BCUT2D eigenvalue weighted by atomic mass is 32.1. The zero-order valence-corrected chi connectivity index (χ0v) is 21.9. The van der Waals surface area contributed by atoms with Gasteiger partial charge in [0, 0.05) is 37.4 Å². The summed E-state index contributed by atoms with van der Waals surface area (Å²) in [7, 11) is 2.02. The molecular formula is C26H29FN6O4S. The van der Waals surface area contributed by atoms with Gasteiger partial charge in [-0.05, 0) is 62.5 Å². The summed E-state index contributed by atoms with van der Waals surface area (Å²) in [5, 5.41) is 0.270. The van der Waals surface area contributed by atoms with Gasteiger partial charge in [0.1, 0.15) is 28.3 Å². The second kappa shape index (κ2) is 11.6. The molecule has 1 fully saturated rings. The standard InChI is InChI=1S/C26H29FN6O4S/c1-16(25(29)36)33(19-7-5-18(27)6-8-19)26-30-24(28)23(38-26)22(35)17-3-9-20(10-4-17)37-15-21(34)32-13-11-31(2)12-14-32/h3-10,16H,11-15,28H2,1-2H3,(H2,29,36). The first-order valence-electron chi connectivity index (χ1n) is 12.0. The summed E-state index contributed by atoms with van der Waals surface area (Å²) in [5.74, 6) is -1.06. The minimum absolute atomic E-state index is 0.00289. The lowest BCUT2D eigenvalue weighted by Gasteiger charge is -2.32. The highest BCUT2D eigenvalue weighted by Gasteiger charge is 2.27. The van der Waals surface area contributed by atoms with Crippen LogP contribution >= 0.6 is 11.3 Å². The number of ketones is 1. The van der Waals surface area contributed by atoms with Crippen molar-refractivity contribution in [1.82, 2.24) is 14.8 Å². The minimum Gasteiger partial charge on any atom is -0.484 e. The van der Waals surface area contributed by atoms with Crippen LogP contribution in [0.15, 0.2) is 48.5 Å². The van der Waals surface area contributed by atoms with Crippen molar-refractivity contribution in [1.29, 1.82) is 0 Å². The monoisotopic (exact) mass is 540 g/mol. The highest BCUT2D eigenvalue weighted by Crippen LogP contribution is 2.36. The smallest absolute Gasteiger partial charge is 0.260 e. The second-order valence-corrected chi connectivity index (χ2v) is 9.94. The van der Waals surface area contributed by atoms with E-state index in [1.807, 2.05) is 7.05 Å². The first-order valence-corrected chi connectivity index (χ1v) is 12.8. The number of carbonyl (C=O) groups is 3. The average molecular weight is 541 g/mol. The predicted molar refractivity (Wildman–Crippen MR) is 143 cm³/mol. The minimum atomic E-state index is -0.834. The summed E-state index contributed by atoms with van der Waals surface area (Å²) in [6.45, 7) is 4.49. The molecule has 4 N–H and O–H groups in total. The first kappa shape index (κ1) is 27.0. The van der Waals surface area contributed by atoms with Gasteiger partial charge in [-0.15, -0.1) is 0 Å². The zero-order chi connectivity index (χ0) is 27.4. The van der Waals surface area contributed by atoms with Crippen molar-refractivity contribution in [2.75, 3.05) is 50.5 Å². The molecule has 2 aromatic carbocycles. The third-order valence-corrected chi connectivity index (χ3v) is 7.36. The number of primary amides is 1. The maximum absolute atomic E-state index is 13.5. The Labute approximate surface area is 223 Å². The van der Waals surface area contributed by atoms with Crippen LogP contribution in [0.2, 0.25) is 0 Å².